The summed E-state index contributed by atoms with van der Waals surface area (Å²) in [6, 6.07) is 4.50. The van der Waals surface area contributed by atoms with Gasteiger partial charge in [-0.1, -0.05) is 19.1 Å². The minimum Gasteiger partial charge on any atom is -0.481 e. The van der Waals surface area contributed by atoms with Gasteiger partial charge in [-0.15, -0.1) is 13.2 Å². The van der Waals surface area contributed by atoms with Crippen LogP contribution in [-0.2, 0) is 10.4 Å². The van der Waals surface area contributed by atoms with E-state index < -0.39 is 29.6 Å². The van der Waals surface area contributed by atoms with E-state index >= 15 is 0 Å². The summed E-state index contributed by atoms with van der Waals surface area (Å²) in [5.74, 6) is -2.66. The van der Waals surface area contributed by atoms with E-state index in [1.807, 2.05) is 0 Å². The predicted octanol–water partition coefficient (Wildman–Crippen LogP) is 2.90. The largest absolute Gasteiger partial charge is 0.573 e. The number of hydrogen-bond donors (Lipinski definition) is 2. The van der Waals surface area contributed by atoms with Crippen molar-refractivity contribution in [3.63, 3.8) is 0 Å². The Hall–Kier alpha value is -1.76. The number of rotatable bonds is 5. The Morgan fingerprint density at radius 2 is 1.80 bits per heavy atom. The molecule has 0 bridgehead atoms. The molecule has 0 amide bonds. The highest BCUT2D eigenvalue weighted by atomic mass is 19.4. The van der Waals surface area contributed by atoms with Crippen LogP contribution in [0.3, 0.4) is 0 Å². The summed E-state index contributed by atoms with van der Waals surface area (Å²) >= 11 is 0. The van der Waals surface area contributed by atoms with Gasteiger partial charge in [-0.05, 0) is 31.0 Å². The van der Waals surface area contributed by atoms with Gasteiger partial charge in [-0.3, -0.25) is 4.79 Å². The first-order chi connectivity index (χ1) is 9.08. The average molecular weight is 292 g/mol. The molecule has 0 aliphatic rings. The van der Waals surface area contributed by atoms with E-state index in [-0.39, 0.29) is 12.0 Å². The number of ether oxygens (including phenoxy) is 1. The molecular weight excluding hydrogens is 277 g/mol. The van der Waals surface area contributed by atoms with Gasteiger partial charge < -0.3 is 14.9 Å². The Morgan fingerprint density at radius 3 is 2.15 bits per heavy atom. The lowest BCUT2D eigenvalue weighted by molar-refractivity contribution is -0.274. The summed E-state index contributed by atoms with van der Waals surface area (Å²) in [4.78, 5) is 11.1. The van der Waals surface area contributed by atoms with E-state index in [9.17, 15) is 23.1 Å². The van der Waals surface area contributed by atoms with Crippen molar-refractivity contribution < 1.29 is 32.9 Å². The molecule has 0 fully saturated rings. The minimum absolute atomic E-state index is 0.184. The molecule has 0 spiro atoms. The van der Waals surface area contributed by atoms with Crippen LogP contribution in [0.5, 0.6) is 5.75 Å². The Balaban J connectivity index is 3.00. The molecule has 1 aromatic rings. The highest BCUT2D eigenvalue weighted by molar-refractivity contribution is 5.71. The van der Waals surface area contributed by atoms with Crippen LogP contribution in [0.2, 0.25) is 0 Å². The molecule has 0 saturated carbocycles. The molecular formula is C13H15F3O4. The van der Waals surface area contributed by atoms with Crippen LogP contribution in [0.1, 0.15) is 25.8 Å². The molecule has 2 atom stereocenters. The lowest BCUT2D eigenvalue weighted by atomic mass is 9.81. The van der Waals surface area contributed by atoms with E-state index in [1.54, 1.807) is 6.92 Å². The first kappa shape index (κ1) is 16.3. The molecule has 0 heterocycles. The standard InChI is InChI=1S/C13H15F3O4/c1-3-10(11(17)18)12(2,19)8-4-6-9(7-5-8)20-13(14,15)16/h4-7,10,19H,3H2,1-2H3,(H,17,18). The van der Waals surface area contributed by atoms with Crippen molar-refractivity contribution in [3.05, 3.63) is 29.8 Å². The van der Waals surface area contributed by atoms with Gasteiger partial charge in [0, 0.05) is 0 Å². The van der Waals surface area contributed by atoms with Crippen molar-refractivity contribution in [3.8, 4) is 5.75 Å². The quantitative estimate of drug-likeness (QED) is 0.875. The van der Waals surface area contributed by atoms with Gasteiger partial charge in [0.05, 0.1) is 5.92 Å². The first-order valence-corrected chi connectivity index (χ1v) is 5.89. The molecule has 112 valence electrons. The number of halogens is 3. The van der Waals surface area contributed by atoms with Gasteiger partial charge >= 0.3 is 12.3 Å². The Bertz CT molecular complexity index is 465. The predicted molar refractivity (Wildman–Crippen MR) is 64.1 cm³/mol. The maximum Gasteiger partial charge on any atom is 0.573 e. The molecule has 2 unspecified atom stereocenters. The van der Waals surface area contributed by atoms with Crippen LogP contribution < -0.4 is 4.74 Å². The van der Waals surface area contributed by atoms with E-state index in [0.29, 0.717) is 0 Å². The van der Waals surface area contributed by atoms with Crippen LogP contribution >= 0.6 is 0 Å². The van der Waals surface area contributed by atoms with Crippen molar-refractivity contribution in [1.82, 2.24) is 0 Å². The SMILES string of the molecule is CCC(C(=O)O)C(C)(O)c1ccc(OC(F)(F)F)cc1. The lowest BCUT2D eigenvalue weighted by Gasteiger charge is -2.30. The maximum atomic E-state index is 12.0. The Kier molecular flexibility index (Phi) is 4.65. The third-order valence-electron chi connectivity index (χ3n) is 3.06. The number of hydrogen-bond acceptors (Lipinski definition) is 3. The van der Waals surface area contributed by atoms with Gasteiger partial charge in [0.15, 0.2) is 0 Å². The van der Waals surface area contributed by atoms with Gasteiger partial charge in [0.2, 0.25) is 0 Å². The van der Waals surface area contributed by atoms with Crippen LogP contribution in [0.4, 0.5) is 13.2 Å². The van der Waals surface area contributed by atoms with Gasteiger partial charge in [-0.25, -0.2) is 0 Å². The molecule has 1 aromatic carbocycles. The number of alkyl halides is 3. The van der Waals surface area contributed by atoms with Crippen molar-refractivity contribution in [2.75, 3.05) is 0 Å². The second-order valence-corrected chi connectivity index (χ2v) is 4.52. The van der Waals surface area contributed by atoms with Gasteiger partial charge in [-0.2, -0.15) is 0 Å². The summed E-state index contributed by atoms with van der Waals surface area (Å²) in [6.07, 6.45) is -4.61. The summed E-state index contributed by atoms with van der Waals surface area (Å²) in [6.45, 7) is 2.92. The monoisotopic (exact) mass is 292 g/mol. The minimum atomic E-state index is -4.79. The number of aliphatic carboxylic acids is 1. The number of carboxylic acid groups (broad SMARTS) is 1. The van der Waals surface area contributed by atoms with Crippen molar-refractivity contribution >= 4 is 5.97 Å². The zero-order valence-electron chi connectivity index (χ0n) is 10.9. The van der Waals surface area contributed by atoms with Crippen LogP contribution in [0.15, 0.2) is 24.3 Å². The van der Waals surface area contributed by atoms with E-state index in [1.165, 1.54) is 19.1 Å². The molecule has 2 N–H and O–H groups in total. The third kappa shape index (κ3) is 3.86. The van der Waals surface area contributed by atoms with Crippen LogP contribution in [0, 0.1) is 5.92 Å². The first-order valence-electron chi connectivity index (χ1n) is 5.89. The summed E-state index contributed by atoms with van der Waals surface area (Å²) in [7, 11) is 0. The molecule has 0 radical (unpaired) electrons. The summed E-state index contributed by atoms with van der Waals surface area (Å²) in [5.41, 5.74) is -1.47. The fourth-order valence-corrected chi connectivity index (χ4v) is 2.01. The van der Waals surface area contributed by atoms with Gasteiger partial charge in [0.25, 0.3) is 0 Å². The maximum absolute atomic E-state index is 12.0. The smallest absolute Gasteiger partial charge is 0.481 e. The van der Waals surface area contributed by atoms with Crippen molar-refractivity contribution in [2.45, 2.75) is 32.2 Å². The van der Waals surface area contributed by atoms with E-state index in [0.717, 1.165) is 12.1 Å². The third-order valence-corrected chi connectivity index (χ3v) is 3.06. The lowest BCUT2D eigenvalue weighted by Crippen LogP contribution is -2.36. The molecule has 7 heteroatoms. The number of carboxylic acids is 1. The van der Waals surface area contributed by atoms with Crippen LogP contribution in [0.25, 0.3) is 0 Å². The molecule has 0 aromatic heterocycles. The number of aliphatic hydroxyl groups is 1. The molecule has 0 aliphatic carbocycles. The zero-order chi connectivity index (χ0) is 15.6. The summed E-state index contributed by atoms with van der Waals surface area (Å²) < 4.78 is 39.8. The highest BCUT2D eigenvalue weighted by Gasteiger charge is 2.38. The molecule has 20 heavy (non-hydrogen) atoms. The number of benzene rings is 1. The second-order valence-electron chi connectivity index (χ2n) is 4.52. The molecule has 0 aliphatic heterocycles. The van der Waals surface area contributed by atoms with Gasteiger partial charge in [0.1, 0.15) is 11.4 Å². The van der Waals surface area contributed by atoms with Crippen molar-refractivity contribution in [2.24, 2.45) is 5.92 Å². The van der Waals surface area contributed by atoms with Crippen LogP contribution in [-0.4, -0.2) is 22.5 Å². The molecule has 0 saturated heterocycles. The van der Waals surface area contributed by atoms with E-state index in [4.69, 9.17) is 5.11 Å². The topological polar surface area (TPSA) is 66.8 Å². The zero-order valence-corrected chi connectivity index (χ0v) is 10.9. The molecule has 4 nitrogen and oxygen atoms in total. The van der Waals surface area contributed by atoms with E-state index in [2.05, 4.69) is 4.74 Å². The normalized spacial score (nSPS) is 16.3. The second kappa shape index (κ2) is 5.70. The fourth-order valence-electron chi connectivity index (χ4n) is 2.01. The Labute approximate surface area is 113 Å². The molecule has 1 rings (SSSR count). The average Bonchev–Trinajstić information content (AvgIpc) is 2.27. The summed E-state index contributed by atoms with van der Waals surface area (Å²) in [5, 5.41) is 19.3. The van der Waals surface area contributed by atoms with Crippen molar-refractivity contribution in [1.29, 1.82) is 0 Å². The highest BCUT2D eigenvalue weighted by Crippen LogP contribution is 2.33. The fraction of sp³-hybridized carbons (Fsp3) is 0.462. The number of carbonyl (C=O) groups is 1. The Morgan fingerprint density at radius 1 is 1.30 bits per heavy atom.